The Kier molecular flexibility index (Phi) is 8.15. The Balaban J connectivity index is 1.33. The highest BCUT2D eigenvalue weighted by atomic mass is 15.1. The standard InChI is InChI=1S/C56H33N7/c57-34-45-53(36-30-32-38(33-31-36)60-59-37-16-2-1-3-17-37)46(35-58)55(62-49-26-12-6-20-41(49)42-21-7-13-27-50(42)62)56(63-51-28-14-8-22-43(51)44-23-9-15-29-52(44)63)54(45)61-47-24-10-4-18-39(47)40-19-5-11-25-48(40)61/h1-33H. The van der Waals surface area contributed by atoms with E-state index in [4.69, 9.17) is 0 Å². The minimum atomic E-state index is 0.373. The van der Waals surface area contributed by atoms with Crippen LogP contribution in [0.15, 0.2) is 210 Å². The molecule has 292 valence electrons. The van der Waals surface area contributed by atoms with Crippen molar-refractivity contribution in [1.29, 1.82) is 10.5 Å². The van der Waals surface area contributed by atoms with Gasteiger partial charge in [-0.05, 0) is 66.2 Å². The molecule has 0 N–H and O–H groups in total. The zero-order valence-corrected chi connectivity index (χ0v) is 33.7. The average molecular weight is 804 g/mol. The normalized spacial score (nSPS) is 11.7. The minimum Gasteiger partial charge on any atom is -0.306 e. The maximum atomic E-state index is 11.9. The number of rotatable bonds is 6. The molecule has 0 aliphatic rings. The van der Waals surface area contributed by atoms with Crippen LogP contribution in [0.1, 0.15) is 11.1 Å². The van der Waals surface area contributed by atoms with Crippen molar-refractivity contribution in [3.63, 3.8) is 0 Å². The van der Waals surface area contributed by atoms with Crippen molar-refractivity contribution in [1.82, 2.24) is 13.7 Å². The molecule has 12 rings (SSSR count). The first-order chi connectivity index (χ1) is 31.2. The predicted molar refractivity (Wildman–Crippen MR) is 255 cm³/mol. The molecule has 0 aliphatic carbocycles. The molecule has 0 radical (unpaired) electrons. The van der Waals surface area contributed by atoms with Gasteiger partial charge in [0.05, 0.1) is 72.7 Å². The number of hydrogen-bond acceptors (Lipinski definition) is 4. The molecule has 0 fully saturated rings. The second-order valence-corrected chi connectivity index (χ2v) is 15.6. The van der Waals surface area contributed by atoms with E-state index in [0.717, 1.165) is 76.8 Å². The molecule has 0 bridgehead atoms. The van der Waals surface area contributed by atoms with E-state index in [9.17, 15) is 10.5 Å². The lowest BCUT2D eigenvalue weighted by molar-refractivity contribution is 1.04. The highest BCUT2D eigenvalue weighted by molar-refractivity contribution is 6.15. The lowest BCUT2D eigenvalue weighted by Crippen LogP contribution is -2.14. The second kappa shape index (κ2) is 14.3. The van der Waals surface area contributed by atoms with Crippen LogP contribution >= 0.6 is 0 Å². The lowest BCUT2D eigenvalue weighted by atomic mass is 9.90. The van der Waals surface area contributed by atoms with Crippen molar-refractivity contribution in [2.45, 2.75) is 0 Å². The lowest BCUT2D eigenvalue weighted by Gasteiger charge is -2.26. The second-order valence-electron chi connectivity index (χ2n) is 15.6. The number of aromatic nitrogens is 3. The summed E-state index contributed by atoms with van der Waals surface area (Å²) in [5.41, 5.74) is 11.1. The van der Waals surface area contributed by atoms with Gasteiger partial charge in [-0.25, -0.2) is 0 Å². The van der Waals surface area contributed by atoms with Gasteiger partial charge in [0.1, 0.15) is 12.1 Å². The van der Waals surface area contributed by atoms with Crippen LogP contribution in [0, 0.1) is 22.7 Å². The van der Waals surface area contributed by atoms with Crippen LogP contribution in [0.25, 0.3) is 93.6 Å². The molecule has 0 atom stereocenters. The van der Waals surface area contributed by atoms with Gasteiger partial charge in [0.15, 0.2) is 0 Å². The zero-order valence-electron chi connectivity index (χ0n) is 33.7. The van der Waals surface area contributed by atoms with Gasteiger partial charge in [-0.2, -0.15) is 20.8 Å². The van der Waals surface area contributed by atoms with Crippen LogP contribution in [0.4, 0.5) is 11.4 Å². The van der Waals surface area contributed by atoms with Crippen molar-refractivity contribution in [3.8, 4) is 40.3 Å². The van der Waals surface area contributed by atoms with Crippen molar-refractivity contribution >= 4 is 76.8 Å². The Labute approximate surface area is 361 Å². The predicted octanol–water partition coefficient (Wildman–Crippen LogP) is 14.8. The van der Waals surface area contributed by atoms with Crippen molar-refractivity contribution in [3.05, 3.63) is 211 Å². The van der Waals surface area contributed by atoms with Gasteiger partial charge in [0.25, 0.3) is 0 Å². The molecule has 0 unspecified atom stereocenters. The van der Waals surface area contributed by atoms with Crippen molar-refractivity contribution < 1.29 is 0 Å². The van der Waals surface area contributed by atoms with E-state index in [0.29, 0.717) is 39.3 Å². The molecule has 3 aromatic heterocycles. The van der Waals surface area contributed by atoms with Crippen LogP contribution in [0.5, 0.6) is 0 Å². The highest BCUT2D eigenvalue weighted by Gasteiger charge is 2.33. The number of hydrogen-bond donors (Lipinski definition) is 0. The molecule has 7 nitrogen and oxygen atoms in total. The van der Waals surface area contributed by atoms with E-state index < -0.39 is 0 Å². The van der Waals surface area contributed by atoms with Crippen molar-refractivity contribution in [2.24, 2.45) is 10.2 Å². The number of fused-ring (bicyclic) bond motifs is 9. The Bertz CT molecular complexity index is 3610. The number of nitrogens with zero attached hydrogens (tertiary/aromatic N) is 7. The molecular formula is C56H33N7. The smallest absolute Gasteiger partial charge is 0.102 e. The third-order valence-corrected chi connectivity index (χ3v) is 12.2. The van der Waals surface area contributed by atoms with E-state index in [1.165, 1.54) is 0 Å². The maximum Gasteiger partial charge on any atom is 0.102 e. The summed E-state index contributed by atoms with van der Waals surface area (Å²) in [7, 11) is 0. The summed E-state index contributed by atoms with van der Waals surface area (Å²) in [5.74, 6) is 0. The topological polar surface area (TPSA) is 87.1 Å². The molecule has 0 aliphatic heterocycles. The SMILES string of the molecule is N#Cc1c(-c2ccc(N=Nc3ccccc3)cc2)c(C#N)c(-n2c3ccccc3c3ccccc32)c(-n2c3ccccc3c3ccccc32)c1-n1c2ccccc2c2ccccc21. The van der Waals surface area contributed by atoms with Gasteiger partial charge in [0.2, 0.25) is 0 Å². The number of para-hydroxylation sites is 6. The third kappa shape index (κ3) is 5.38. The summed E-state index contributed by atoms with van der Waals surface area (Å²) >= 11 is 0. The quantitative estimate of drug-likeness (QED) is 0.157. The number of benzene rings is 9. The Hall–Kier alpha value is -9.04. The summed E-state index contributed by atoms with van der Waals surface area (Å²) in [6, 6.07) is 73.0. The van der Waals surface area contributed by atoms with Gasteiger partial charge >= 0.3 is 0 Å². The molecule has 0 amide bonds. The van der Waals surface area contributed by atoms with E-state index in [-0.39, 0.29) is 0 Å². The number of azo groups is 1. The van der Waals surface area contributed by atoms with Crippen LogP contribution in [0.2, 0.25) is 0 Å². The molecule has 7 heteroatoms. The first kappa shape index (κ1) is 35.9. The first-order valence-electron chi connectivity index (χ1n) is 20.8. The van der Waals surface area contributed by atoms with Gasteiger partial charge in [-0.15, -0.1) is 0 Å². The average Bonchev–Trinajstić information content (AvgIpc) is 3.99. The fourth-order valence-electron chi connectivity index (χ4n) is 9.66. The zero-order chi connectivity index (χ0) is 42.0. The maximum absolute atomic E-state index is 11.9. The molecule has 3 heterocycles. The fourth-order valence-corrected chi connectivity index (χ4v) is 9.66. The van der Waals surface area contributed by atoms with Gasteiger partial charge < -0.3 is 13.7 Å². The van der Waals surface area contributed by atoms with E-state index in [1.54, 1.807) is 0 Å². The summed E-state index contributed by atoms with van der Waals surface area (Å²) in [4.78, 5) is 0. The molecular weight excluding hydrogens is 771 g/mol. The molecule has 0 saturated heterocycles. The summed E-state index contributed by atoms with van der Waals surface area (Å²) in [6.45, 7) is 0. The van der Waals surface area contributed by atoms with Gasteiger partial charge in [0, 0.05) is 37.9 Å². The Morgan fingerprint density at radius 1 is 0.302 bits per heavy atom. The summed E-state index contributed by atoms with van der Waals surface area (Å²) in [6.07, 6.45) is 0. The van der Waals surface area contributed by atoms with E-state index in [2.05, 4.69) is 157 Å². The van der Waals surface area contributed by atoms with Crippen LogP contribution < -0.4 is 0 Å². The first-order valence-corrected chi connectivity index (χ1v) is 20.8. The molecule has 12 aromatic rings. The van der Waals surface area contributed by atoms with Crippen molar-refractivity contribution in [2.75, 3.05) is 0 Å². The third-order valence-electron chi connectivity index (χ3n) is 12.2. The van der Waals surface area contributed by atoms with E-state index in [1.807, 2.05) is 78.9 Å². The minimum absolute atomic E-state index is 0.373. The largest absolute Gasteiger partial charge is 0.306 e. The summed E-state index contributed by atoms with van der Waals surface area (Å²) in [5, 5.41) is 39.1. The molecule has 9 aromatic carbocycles. The molecule has 0 saturated carbocycles. The van der Waals surface area contributed by atoms with Crippen LogP contribution in [-0.2, 0) is 0 Å². The van der Waals surface area contributed by atoms with Crippen LogP contribution in [-0.4, -0.2) is 13.7 Å². The fraction of sp³-hybridized carbons (Fsp3) is 0. The number of nitriles is 2. The molecule has 0 spiro atoms. The molecule has 63 heavy (non-hydrogen) atoms. The Morgan fingerprint density at radius 2 is 0.587 bits per heavy atom. The van der Waals surface area contributed by atoms with Crippen LogP contribution in [0.3, 0.4) is 0 Å². The monoisotopic (exact) mass is 803 g/mol. The van der Waals surface area contributed by atoms with Gasteiger partial charge in [-0.3, -0.25) is 0 Å². The van der Waals surface area contributed by atoms with Gasteiger partial charge in [-0.1, -0.05) is 140 Å². The summed E-state index contributed by atoms with van der Waals surface area (Å²) < 4.78 is 6.76. The highest BCUT2D eigenvalue weighted by Crippen LogP contribution is 2.48. The Morgan fingerprint density at radius 3 is 0.921 bits per heavy atom. The van der Waals surface area contributed by atoms with E-state index >= 15 is 0 Å².